The van der Waals surface area contributed by atoms with Gasteiger partial charge in [-0.1, -0.05) is 15.9 Å². The minimum atomic E-state index is 0.487. The van der Waals surface area contributed by atoms with Gasteiger partial charge >= 0.3 is 0 Å². The molecule has 2 saturated heterocycles. The third-order valence-electron chi connectivity index (χ3n) is 3.97. The highest BCUT2D eigenvalue weighted by Crippen LogP contribution is 2.40. The minimum Gasteiger partial charge on any atom is -0.397 e. The lowest BCUT2D eigenvalue weighted by Gasteiger charge is -2.48. The second-order valence-corrected chi connectivity index (χ2v) is 6.10. The fourth-order valence-corrected chi connectivity index (χ4v) is 3.09. The molecule has 0 bridgehead atoms. The smallest absolute Gasteiger partial charge is 0.0600 e. The van der Waals surface area contributed by atoms with Crippen molar-refractivity contribution in [3.8, 4) is 0 Å². The standard InChI is InChI=1S/C13H17BrN2O/c14-10-1-2-12(11(15)7-10)16-5-3-13(4-6-16)8-17-9-13/h1-2,7H,3-6,8-9,15H2. The van der Waals surface area contributed by atoms with Crippen LogP contribution in [0.2, 0.25) is 0 Å². The predicted octanol–water partition coefficient (Wildman–Crippen LogP) is 2.65. The Hall–Kier alpha value is -0.740. The third-order valence-corrected chi connectivity index (χ3v) is 4.46. The van der Waals surface area contributed by atoms with E-state index >= 15 is 0 Å². The number of benzene rings is 1. The van der Waals surface area contributed by atoms with Crippen LogP contribution in [0.4, 0.5) is 11.4 Å². The Morgan fingerprint density at radius 3 is 2.47 bits per heavy atom. The molecule has 2 fully saturated rings. The van der Waals surface area contributed by atoms with E-state index in [2.05, 4.69) is 33.0 Å². The molecule has 2 heterocycles. The summed E-state index contributed by atoms with van der Waals surface area (Å²) < 4.78 is 6.39. The van der Waals surface area contributed by atoms with Gasteiger partial charge < -0.3 is 15.4 Å². The maximum absolute atomic E-state index is 6.07. The van der Waals surface area contributed by atoms with E-state index in [-0.39, 0.29) is 0 Å². The number of anilines is 2. The first-order chi connectivity index (χ1) is 8.19. The zero-order valence-corrected chi connectivity index (χ0v) is 11.4. The van der Waals surface area contributed by atoms with Gasteiger partial charge in [0.2, 0.25) is 0 Å². The Labute approximate surface area is 110 Å². The molecule has 2 aliphatic heterocycles. The predicted molar refractivity (Wildman–Crippen MR) is 73.3 cm³/mol. The van der Waals surface area contributed by atoms with E-state index in [1.807, 2.05) is 6.07 Å². The van der Waals surface area contributed by atoms with E-state index in [9.17, 15) is 0 Å². The lowest BCUT2D eigenvalue weighted by Crippen LogP contribution is -2.51. The van der Waals surface area contributed by atoms with Crippen LogP contribution in [0.3, 0.4) is 0 Å². The zero-order chi connectivity index (χ0) is 11.9. The first-order valence-electron chi connectivity index (χ1n) is 6.06. The molecule has 17 heavy (non-hydrogen) atoms. The number of nitrogens with zero attached hydrogens (tertiary/aromatic N) is 1. The number of hydrogen-bond acceptors (Lipinski definition) is 3. The van der Waals surface area contributed by atoms with Gasteiger partial charge in [-0.05, 0) is 31.0 Å². The second-order valence-electron chi connectivity index (χ2n) is 5.18. The minimum absolute atomic E-state index is 0.487. The molecule has 2 N–H and O–H groups in total. The number of ether oxygens (including phenoxy) is 1. The van der Waals surface area contributed by atoms with Gasteiger partial charge in [-0.2, -0.15) is 0 Å². The molecule has 1 aromatic carbocycles. The van der Waals surface area contributed by atoms with Gasteiger partial charge in [-0.3, -0.25) is 0 Å². The first-order valence-corrected chi connectivity index (χ1v) is 6.86. The first kappa shape index (κ1) is 11.4. The highest BCUT2D eigenvalue weighted by molar-refractivity contribution is 9.10. The summed E-state index contributed by atoms with van der Waals surface area (Å²) in [4.78, 5) is 2.39. The van der Waals surface area contributed by atoms with Crippen molar-refractivity contribution in [1.82, 2.24) is 0 Å². The number of halogens is 1. The van der Waals surface area contributed by atoms with Crippen molar-refractivity contribution < 1.29 is 4.74 Å². The number of rotatable bonds is 1. The van der Waals surface area contributed by atoms with E-state index in [1.54, 1.807) is 0 Å². The molecular formula is C13H17BrN2O. The Morgan fingerprint density at radius 2 is 1.94 bits per heavy atom. The van der Waals surface area contributed by atoms with Gasteiger partial charge in [0.1, 0.15) is 0 Å². The molecule has 0 aromatic heterocycles. The maximum Gasteiger partial charge on any atom is 0.0600 e. The maximum atomic E-state index is 6.07. The SMILES string of the molecule is Nc1cc(Br)ccc1N1CCC2(CC1)COC2. The van der Waals surface area contributed by atoms with Crippen LogP contribution in [0.15, 0.2) is 22.7 Å². The van der Waals surface area contributed by atoms with Crippen molar-refractivity contribution in [2.24, 2.45) is 5.41 Å². The van der Waals surface area contributed by atoms with Gasteiger partial charge in [0.05, 0.1) is 24.6 Å². The quantitative estimate of drug-likeness (QED) is 0.810. The number of hydrogen-bond donors (Lipinski definition) is 1. The molecular weight excluding hydrogens is 280 g/mol. The molecule has 2 aliphatic rings. The molecule has 3 nitrogen and oxygen atoms in total. The molecule has 0 aliphatic carbocycles. The van der Waals surface area contributed by atoms with Gasteiger partial charge in [0.15, 0.2) is 0 Å². The second kappa shape index (κ2) is 4.18. The van der Waals surface area contributed by atoms with Crippen molar-refractivity contribution in [2.45, 2.75) is 12.8 Å². The van der Waals surface area contributed by atoms with Gasteiger partial charge in [0.25, 0.3) is 0 Å². The topological polar surface area (TPSA) is 38.5 Å². The summed E-state index contributed by atoms with van der Waals surface area (Å²) in [6.07, 6.45) is 2.45. The van der Waals surface area contributed by atoms with E-state index in [0.717, 1.165) is 36.5 Å². The molecule has 0 unspecified atom stereocenters. The number of piperidine rings is 1. The summed E-state index contributed by atoms with van der Waals surface area (Å²) >= 11 is 3.44. The van der Waals surface area contributed by atoms with Crippen LogP contribution in [0.25, 0.3) is 0 Å². The molecule has 1 spiro atoms. The van der Waals surface area contributed by atoms with Crippen molar-refractivity contribution in [2.75, 3.05) is 36.9 Å². The Balaban J connectivity index is 1.73. The van der Waals surface area contributed by atoms with Crippen molar-refractivity contribution >= 4 is 27.3 Å². The normalized spacial score (nSPS) is 22.5. The summed E-state index contributed by atoms with van der Waals surface area (Å²) in [6, 6.07) is 6.14. The Morgan fingerprint density at radius 1 is 1.24 bits per heavy atom. The van der Waals surface area contributed by atoms with E-state index in [4.69, 9.17) is 10.5 Å². The van der Waals surface area contributed by atoms with Gasteiger partial charge in [0, 0.05) is 23.0 Å². The summed E-state index contributed by atoms with van der Waals surface area (Å²) in [5.74, 6) is 0. The summed E-state index contributed by atoms with van der Waals surface area (Å²) in [6.45, 7) is 4.09. The number of nitrogens with two attached hydrogens (primary N) is 1. The van der Waals surface area contributed by atoms with Crippen molar-refractivity contribution in [1.29, 1.82) is 0 Å². The molecule has 0 radical (unpaired) electrons. The molecule has 1 aromatic rings. The van der Waals surface area contributed by atoms with E-state index < -0.39 is 0 Å². The zero-order valence-electron chi connectivity index (χ0n) is 9.79. The molecule has 4 heteroatoms. The molecule has 0 saturated carbocycles. The van der Waals surface area contributed by atoms with E-state index in [1.165, 1.54) is 18.5 Å². The van der Waals surface area contributed by atoms with Crippen LogP contribution in [-0.2, 0) is 4.74 Å². The molecule has 0 atom stereocenters. The van der Waals surface area contributed by atoms with Crippen LogP contribution in [0.5, 0.6) is 0 Å². The Kier molecular flexibility index (Phi) is 2.79. The largest absolute Gasteiger partial charge is 0.397 e. The van der Waals surface area contributed by atoms with Crippen molar-refractivity contribution in [3.63, 3.8) is 0 Å². The van der Waals surface area contributed by atoms with Crippen LogP contribution >= 0.6 is 15.9 Å². The third kappa shape index (κ3) is 2.04. The summed E-state index contributed by atoms with van der Waals surface area (Å²) in [5.41, 5.74) is 8.59. The van der Waals surface area contributed by atoms with E-state index in [0.29, 0.717) is 5.41 Å². The molecule has 0 amide bonds. The van der Waals surface area contributed by atoms with Crippen LogP contribution in [0, 0.1) is 5.41 Å². The van der Waals surface area contributed by atoms with Crippen LogP contribution < -0.4 is 10.6 Å². The highest BCUT2D eigenvalue weighted by atomic mass is 79.9. The highest BCUT2D eigenvalue weighted by Gasteiger charge is 2.41. The molecule has 92 valence electrons. The van der Waals surface area contributed by atoms with Gasteiger partial charge in [-0.15, -0.1) is 0 Å². The fraction of sp³-hybridized carbons (Fsp3) is 0.538. The summed E-state index contributed by atoms with van der Waals surface area (Å²) in [7, 11) is 0. The lowest BCUT2D eigenvalue weighted by atomic mass is 9.77. The van der Waals surface area contributed by atoms with Gasteiger partial charge in [-0.25, -0.2) is 0 Å². The van der Waals surface area contributed by atoms with Crippen molar-refractivity contribution in [3.05, 3.63) is 22.7 Å². The Bertz CT molecular complexity index is 421. The fourth-order valence-electron chi connectivity index (χ4n) is 2.71. The van der Waals surface area contributed by atoms with Crippen LogP contribution in [-0.4, -0.2) is 26.3 Å². The lowest BCUT2D eigenvalue weighted by molar-refractivity contribution is -0.124. The van der Waals surface area contributed by atoms with Crippen LogP contribution in [0.1, 0.15) is 12.8 Å². The average Bonchev–Trinajstić information content (AvgIpc) is 2.27. The number of nitrogen functional groups attached to an aromatic ring is 1. The monoisotopic (exact) mass is 296 g/mol. The average molecular weight is 297 g/mol. The summed E-state index contributed by atoms with van der Waals surface area (Å²) in [5, 5.41) is 0. The molecule has 3 rings (SSSR count).